The standard InChI is InChI=1S/C26H23ClF3N5O2/c27-17-6-7-19(26(28,29)30)16(12-17)14-34-11-8-31-23-21(34)20-22(35(20)23)24(36)32-18-5-3-4-15(13-18)25(37)33-9-1-2-10-33/h3-7,12-13,31H,1-2,8-11,14H2,(H,32,36). The lowest BCUT2D eigenvalue weighted by Crippen LogP contribution is -2.36. The molecule has 2 amide bonds. The van der Waals surface area contributed by atoms with E-state index in [0.717, 1.165) is 37.7 Å². The summed E-state index contributed by atoms with van der Waals surface area (Å²) in [7, 11) is 0. The predicted octanol–water partition coefficient (Wildman–Crippen LogP) is 5.38. The Balaban J connectivity index is 1.21. The first-order chi connectivity index (χ1) is 17.7. The highest BCUT2D eigenvalue weighted by molar-refractivity contribution is 6.30. The number of rotatable bonds is 5. The fourth-order valence-corrected chi connectivity index (χ4v) is 5.42. The molecule has 2 aromatic carbocycles. The molecule has 1 fully saturated rings. The van der Waals surface area contributed by atoms with Gasteiger partial charge in [-0.2, -0.15) is 13.2 Å². The van der Waals surface area contributed by atoms with Crippen molar-refractivity contribution in [1.82, 2.24) is 9.47 Å². The molecule has 0 saturated carbocycles. The fourth-order valence-electron chi connectivity index (χ4n) is 5.22. The number of halogens is 4. The van der Waals surface area contributed by atoms with Gasteiger partial charge in [0, 0.05) is 49.0 Å². The molecular formula is C26H23ClF3N5O2. The molecule has 192 valence electrons. The van der Waals surface area contributed by atoms with E-state index in [0.29, 0.717) is 41.5 Å². The monoisotopic (exact) mass is 529 g/mol. The first-order valence-corrected chi connectivity index (χ1v) is 12.4. The van der Waals surface area contributed by atoms with Gasteiger partial charge in [-0.1, -0.05) is 17.7 Å². The summed E-state index contributed by atoms with van der Waals surface area (Å²) in [6.07, 6.45) is -2.51. The number of alkyl halides is 3. The van der Waals surface area contributed by atoms with Gasteiger partial charge in [-0.3, -0.25) is 14.2 Å². The molecule has 11 heteroatoms. The van der Waals surface area contributed by atoms with E-state index in [1.165, 1.54) is 12.1 Å². The number of aromatic nitrogens is 1. The molecule has 0 aromatic heterocycles. The summed E-state index contributed by atoms with van der Waals surface area (Å²) in [5, 5.41) is 6.32. The first-order valence-electron chi connectivity index (χ1n) is 12.1. The number of carbonyl (C=O) groups is 2. The van der Waals surface area contributed by atoms with Crippen molar-refractivity contribution in [2.24, 2.45) is 0 Å². The molecule has 6 rings (SSSR count). The highest BCUT2D eigenvalue weighted by Crippen LogP contribution is 2.55. The highest BCUT2D eigenvalue weighted by Gasteiger charge is 2.46. The van der Waals surface area contributed by atoms with Crippen LogP contribution in [0, 0.1) is 0 Å². The number of hydrogen-bond donors (Lipinski definition) is 2. The minimum atomic E-state index is -4.49. The third-order valence-electron chi connectivity index (χ3n) is 6.99. The molecule has 37 heavy (non-hydrogen) atoms. The fraction of sp³-hybridized carbons (Fsp3) is 0.308. The zero-order valence-electron chi connectivity index (χ0n) is 19.7. The van der Waals surface area contributed by atoms with Gasteiger partial charge in [-0.25, -0.2) is 0 Å². The Morgan fingerprint density at radius 3 is 2.57 bits per heavy atom. The molecule has 0 unspecified atom stereocenters. The highest BCUT2D eigenvalue weighted by atomic mass is 35.5. The molecule has 0 atom stereocenters. The van der Waals surface area contributed by atoms with Crippen LogP contribution in [0.2, 0.25) is 5.02 Å². The van der Waals surface area contributed by atoms with E-state index in [1.807, 2.05) is 4.90 Å². The molecule has 4 heterocycles. The molecule has 2 N–H and O–H groups in total. The number of benzene rings is 2. The average Bonchev–Trinajstić information content (AvgIpc) is 3.18. The van der Waals surface area contributed by atoms with E-state index in [9.17, 15) is 22.8 Å². The number of nitrogens with one attached hydrogen (secondary N) is 2. The van der Waals surface area contributed by atoms with Crippen LogP contribution < -0.4 is 15.5 Å². The largest absolute Gasteiger partial charge is 0.416 e. The molecule has 0 spiro atoms. The third kappa shape index (κ3) is 4.19. The zero-order chi connectivity index (χ0) is 25.9. The summed E-state index contributed by atoms with van der Waals surface area (Å²) in [5.74, 6) is 0.317. The summed E-state index contributed by atoms with van der Waals surface area (Å²) in [6, 6.07) is 10.4. The molecule has 1 saturated heterocycles. The van der Waals surface area contributed by atoms with E-state index in [4.69, 9.17) is 11.6 Å². The van der Waals surface area contributed by atoms with Crippen molar-refractivity contribution in [3.63, 3.8) is 0 Å². The second kappa shape index (κ2) is 8.72. The van der Waals surface area contributed by atoms with Gasteiger partial charge in [0.05, 0.1) is 5.56 Å². The zero-order valence-corrected chi connectivity index (χ0v) is 20.4. The Morgan fingerprint density at radius 2 is 1.81 bits per heavy atom. The number of carbonyl (C=O) groups excluding carboxylic acids is 2. The van der Waals surface area contributed by atoms with Gasteiger partial charge in [-0.15, -0.1) is 0 Å². The lowest BCUT2D eigenvalue weighted by molar-refractivity contribution is -0.138. The summed E-state index contributed by atoms with van der Waals surface area (Å²) in [6.45, 7) is 2.50. The van der Waals surface area contributed by atoms with Gasteiger partial charge in [0.25, 0.3) is 11.8 Å². The minimum absolute atomic E-state index is 0.0167. The van der Waals surface area contributed by atoms with Crippen molar-refractivity contribution in [3.05, 3.63) is 69.9 Å². The smallest absolute Gasteiger partial charge is 0.368 e. The van der Waals surface area contributed by atoms with Gasteiger partial charge in [-0.05, 0) is 54.8 Å². The number of anilines is 3. The van der Waals surface area contributed by atoms with Crippen LogP contribution in [-0.4, -0.2) is 47.5 Å². The third-order valence-corrected chi connectivity index (χ3v) is 7.23. The number of amides is 2. The molecular weight excluding hydrogens is 507 g/mol. The molecule has 4 aliphatic heterocycles. The van der Waals surface area contributed by atoms with E-state index in [2.05, 4.69) is 10.6 Å². The Hall–Kier alpha value is -3.66. The van der Waals surface area contributed by atoms with Gasteiger partial charge >= 0.3 is 6.18 Å². The normalized spacial score (nSPS) is 15.9. The maximum Gasteiger partial charge on any atom is 0.416 e. The van der Waals surface area contributed by atoms with Crippen LogP contribution in [0.1, 0.15) is 44.8 Å². The van der Waals surface area contributed by atoms with Crippen molar-refractivity contribution in [3.8, 4) is 5.69 Å². The maximum absolute atomic E-state index is 13.6. The van der Waals surface area contributed by atoms with Gasteiger partial charge in [0.1, 0.15) is 22.9 Å². The Kier molecular flexibility index (Phi) is 5.59. The topological polar surface area (TPSA) is 69.6 Å². The molecule has 0 aliphatic carbocycles. The predicted molar refractivity (Wildman–Crippen MR) is 135 cm³/mol. The van der Waals surface area contributed by atoms with Crippen molar-refractivity contribution < 1.29 is 22.8 Å². The number of hydrogen-bond acceptors (Lipinski definition) is 4. The van der Waals surface area contributed by atoms with Crippen LogP contribution in [0.25, 0.3) is 5.69 Å². The van der Waals surface area contributed by atoms with Crippen molar-refractivity contribution in [2.45, 2.75) is 25.6 Å². The first kappa shape index (κ1) is 23.7. The van der Waals surface area contributed by atoms with E-state index >= 15 is 0 Å². The second-order valence-corrected chi connectivity index (χ2v) is 9.85. The van der Waals surface area contributed by atoms with Crippen molar-refractivity contribution in [2.75, 3.05) is 41.7 Å². The summed E-state index contributed by atoms with van der Waals surface area (Å²) in [5.41, 5.74) is 2.25. The van der Waals surface area contributed by atoms with Crippen molar-refractivity contribution >= 4 is 40.6 Å². The molecule has 7 nitrogen and oxygen atoms in total. The molecule has 0 radical (unpaired) electrons. The Morgan fingerprint density at radius 1 is 1.03 bits per heavy atom. The maximum atomic E-state index is 13.6. The lowest BCUT2D eigenvalue weighted by Gasteiger charge is -2.35. The van der Waals surface area contributed by atoms with Gasteiger partial charge in [0.2, 0.25) is 0 Å². The summed E-state index contributed by atoms with van der Waals surface area (Å²) < 4.78 is 42.5. The van der Waals surface area contributed by atoms with E-state index in [-0.39, 0.29) is 28.9 Å². The number of nitrogens with zero attached hydrogens (tertiary/aromatic N) is 3. The Bertz CT molecular complexity index is 1430. The van der Waals surface area contributed by atoms with Crippen LogP contribution >= 0.6 is 11.6 Å². The average molecular weight is 530 g/mol. The minimum Gasteiger partial charge on any atom is -0.368 e. The van der Waals surface area contributed by atoms with Crippen molar-refractivity contribution in [1.29, 1.82) is 0 Å². The summed E-state index contributed by atoms with van der Waals surface area (Å²) >= 11 is 6.01. The van der Waals surface area contributed by atoms with Crippen LogP contribution in [-0.2, 0) is 12.7 Å². The number of likely N-dealkylation sites (tertiary alicyclic amines) is 1. The van der Waals surface area contributed by atoms with Gasteiger partial charge < -0.3 is 20.4 Å². The summed E-state index contributed by atoms with van der Waals surface area (Å²) in [4.78, 5) is 29.4. The number of fused-ring (bicyclic) bond motifs is 4. The molecule has 0 bridgehead atoms. The van der Waals surface area contributed by atoms with Crippen LogP contribution in [0.15, 0.2) is 42.5 Å². The van der Waals surface area contributed by atoms with Gasteiger partial charge in [0.15, 0.2) is 0 Å². The second-order valence-electron chi connectivity index (χ2n) is 9.41. The van der Waals surface area contributed by atoms with E-state index in [1.54, 1.807) is 33.7 Å². The lowest BCUT2D eigenvalue weighted by atomic mass is 10.1. The molecule has 2 aromatic rings. The van der Waals surface area contributed by atoms with Crippen LogP contribution in [0.5, 0.6) is 0 Å². The Labute approximate surface area is 215 Å². The van der Waals surface area contributed by atoms with Crippen LogP contribution in [0.3, 0.4) is 0 Å². The quantitative estimate of drug-likeness (QED) is 0.364. The van der Waals surface area contributed by atoms with E-state index < -0.39 is 11.7 Å². The van der Waals surface area contributed by atoms with Crippen LogP contribution in [0.4, 0.5) is 30.4 Å². The SMILES string of the molecule is O=C(Nc1cccc(C(=O)N2CCCC2)c1)c1c2c3c(n1-2)NCCN3Cc1cc(Cl)ccc1C(F)(F)F. The molecule has 4 aliphatic rings.